The minimum atomic E-state index is -0.878. The lowest BCUT2D eigenvalue weighted by molar-refractivity contribution is -0.144. The molecule has 0 aromatic heterocycles. The number of carbonyl (C=O) groups excluding carboxylic acids is 1. The van der Waals surface area contributed by atoms with Crippen LogP contribution < -0.4 is 5.32 Å². The van der Waals surface area contributed by atoms with Crippen molar-refractivity contribution >= 4 is 12.1 Å². The van der Waals surface area contributed by atoms with Gasteiger partial charge in [-0.2, -0.15) is 0 Å². The number of carbonyl (C=O) groups is 2. The number of nitrogens with one attached hydrogen (secondary N) is 1. The summed E-state index contributed by atoms with van der Waals surface area (Å²) >= 11 is 0. The molecule has 1 aromatic carbocycles. The SMILES string of the molecule is CC(C)(C)OC(=O)N[C@H]1CCCN1C(Cc1ccccc1)C(=O)O. The number of hydrogen-bond acceptors (Lipinski definition) is 4. The first-order chi connectivity index (χ1) is 11.3. The van der Waals surface area contributed by atoms with Gasteiger partial charge < -0.3 is 15.2 Å². The van der Waals surface area contributed by atoms with E-state index in [4.69, 9.17) is 4.74 Å². The van der Waals surface area contributed by atoms with E-state index < -0.39 is 23.7 Å². The molecule has 1 saturated heterocycles. The number of likely N-dealkylation sites (tertiary alicyclic amines) is 1. The summed E-state index contributed by atoms with van der Waals surface area (Å²) in [5.41, 5.74) is 0.386. The summed E-state index contributed by atoms with van der Waals surface area (Å²) in [5, 5.41) is 12.5. The molecule has 1 aliphatic heterocycles. The summed E-state index contributed by atoms with van der Waals surface area (Å²) in [6, 6.07) is 8.87. The maximum atomic E-state index is 12.0. The van der Waals surface area contributed by atoms with Crippen molar-refractivity contribution in [3.63, 3.8) is 0 Å². The highest BCUT2D eigenvalue weighted by Crippen LogP contribution is 2.21. The van der Waals surface area contributed by atoms with E-state index in [1.54, 1.807) is 20.8 Å². The van der Waals surface area contributed by atoms with Gasteiger partial charge in [-0.3, -0.25) is 9.69 Å². The molecular formula is C18H26N2O4. The fraction of sp³-hybridized carbons (Fsp3) is 0.556. The number of carboxylic acids is 1. The van der Waals surface area contributed by atoms with Crippen LogP contribution in [0.15, 0.2) is 30.3 Å². The maximum absolute atomic E-state index is 12.0. The van der Waals surface area contributed by atoms with Gasteiger partial charge in [0.15, 0.2) is 0 Å². The van der Waals surface area contributed by atoms with Crippen LogP contribution in [0, 0.1) is 0 Å². The molecule has 0 aliphatic carbocycles. The summed E-state index contributed by atoms with van der Waals surface area (Å²) in [7, 11) is 0. The van der Waals surface area contributed by atoms with E-state index in [0.717, 1.165) is 18.4 Å². The standard InChI is InChI=1S/C18H26N2O4/c1-18(2,3)24-17(23)19-15-10-7-11-20(15)14(16(21)22)12-13-8-5-4-6-9-13/h4-6,8-9,14-15H,7,10-12H2,1-3H3,(H,19,23)(H,21,22)/t14?,15-/m1/s1. The number of rotatable bonds is 5. The third kappa shape index (κ3) is 5.23. The summed E-state index contributed by atoms with van der Waals surface area (Å²) in [4.78, 5) is 25.6. The minimum absolute atomic E-state index is 0.315. The van der Waals surface area contributed by atoms with E-state index in [2.05, 4.69) is 5.32 Å². The fourth-order valence-electron chi connectivity index (χ4n) is 2.94. The smallest absolute Gasteiger partial charge is 0.408 e. The van der Waals surface area contributed by atoms with Gasteiger partial charge >= 0.3 is 12.1 Å². The van der Waals surface area contributed by atoms with Crippen LogP contribution in [0.1, 0.15) is 39.2 Å². The number of hydrogen-bond donors (Lipinski definition) is 2. The van der Waals surface area contributed by atoms with Gasteiger partial charge in [-0.25, -0.2) is 4.79 Å². The first kappa shape index (κ1) is 18.3. The van der Waals surface area contributed by atoms with Crippen LogP contribution in [-0.4, -0.2) is 46.4 Å². The number of carboxylic acid groups (broad SMARTS) is 1. The number of alkyl carbamates (subject to hydrolysis) is 1. The zero-order chi connectivity index (χ0) is 17.7. The topological polar surface area (TPSA) is 78.9 Å². The highest BCUT2D eigenvalue weighted by atomic mass is 16.6. The molecule has 1 amide bonds. The number of nitrogens with zero attached hydrogens (tertiary/aromatic N) is 1. The summed E-state index contributed by atoms with van der Waals surface area (Å²) in [6.07, 6.45) is 1.15. The van der Waals surface area contributed by atoms with Crippen LogP contribution in [0.3, 0.4) is 0 Å². The Bertz CT molecular complexity index is 568. The summed E-state index contributed by atoms with van der Waals surface area (Å²) < 4.78 is 5.28. The number of aliphatic carboxylic acids is 1. The normalized spacial score (nSPS) is 19.7. The number of ether oxygens (including phenoxy) is 1. The van der Waals surface area contributed by atoms with Crippen molar-refractivity contribution in [3.05, 3.63) is 35.9 Å². The number of amides is 1. The van der Waals surface area contributed by atoms with Gasteiger partial charge in [0.1, 0.15) is 11.6 Å². The molecule has 0 radical (unpaired) electrons. The highest BCUT2D eigenvalue weighted by Gasteiger charge is 2.36. The molecule has 6 heteroatoms. The van der Waals surface area contributed by atoms with Crippen LogP contribution in [0.2, 0.25) is 0 Å². The monoisotopic (exact) mass is 334 g/mol. The van der Waals surface area contributed by atoms with Crippen molar-refractivity contribution in [2.24, 2.45) is 0 Å². The molecule has 0 bridgehead atoms. The molecule has 0 spiro atoms. The summed E-state index contributed by atoms with van der Waals surface area (Å²) in [5.74, 6) is -0.878. The van der Waals surface area contributed by atoms with Crippen molar-refractivity contribution in [3.8, 4) is 0 Å². The maximum Gasteiger partial charge on any atom is 0.408 e. The molecule has 24 heavy (non-hydrogen) atoms. The first-order valence-electron chi connectivity index (χ1n) is 8.28. The minimum Gasteiger partial charge on any atom is -0.480 e. The van der Waals surface area contributed by atoms with E-state index in [0.29, 0.717) is 13.0 Å². The zero-order valence-electron chi connectivity index (χ0n) is 14.5. The molecule has 132 valence electrons. The first-order valence-corrected chi connectivity index (χ1v) is 8.28. The molecule has 1 unspecified atom stereocenters. The van der Waals surface area contributed by atoms with E-state index in [-0.39, 0.29) is 6.17 Å². The second-order valence-electron chi connectivity index (χ2n) is 7.09. The largest absolute Gasteiger partial charge is 0.480 e. The van der Waals surface area contributed by atoms with Crippen molar-refractivity contribution < 1.29 is 19.4 Å². The van der Waals surface area contributed by atoms with Crippen LogP contribution in [0.25, 0.3) is 0 Å². The fourth-order valence-corrected chi connectivity index (χ4v) is 2.94. The average molecular weight is 334 g/mol. The Kier molecular flexibility index (Phi) is 5.83. The lowest BCUT2D eigenvalue weighted by Gasteiger charge is -2.31. The van der Waals surface area contributed by atoms with Crippen molar-refractivity contribution in [1.82, 2.24) is 10.2 Å². The molecule has 6 nitrogen and oxygen atoms in total. The Morgan fingerprint density at radius 1 is 1.33 bits per heavy atom. The Morgan fingerprint density at radius 3 is 2.58 bits per heavy atom. The molecule has 0 saturated carbocycles. The van der Waals surface area contributed by atoms with Gasteiger partial charge in [-0.1, -0.05) is 30.3 Å². The van der Waals surface area contributed by atoms with Gasteiger partial charge in [0, 0.05) is 6.54 Å². The van der Waals surface area contributed by atoms with Gasteiger partial charge in [0.05, 0.1) is 6.17 Å². The summed E-state index contributed by atoms with van der Waals surface area (Å²) in [6.45, 7) is 6.04. The van der Waals surface area contributed by atoms with Crippen molar-refractivity contribution in [2.75, 3.05) is 6.54 Å². The number of benzene rings is 1. The predicted octanol–water partition coefficient (Wildman–Crippen LogP) is 2.63. The Morgan fingerprint density at radius 2 is 2.00 bits per heavy atom. The molecule has 1 aromatic rings. The Hall–Kier alpha value is -2.08. The van der Waals surface area contributed by atoms with Gasteiger partial charge in [0.2, 0.25) is 0 Å². The van der Waals surface area contributed by atoms with E-state index in [1.165, 1.54) is 0 Å². The van der Waals surface area contributed by atoms with Gasteiger partial charge in [-0.15, -0.1) is 0 Å². The van der Waals surface area contributed by atoms with Crippen molar-refractivity contribution in [1.29, 1.82) is 0 Å². The lowest BCUT2D eigenvalue weighted by Crippen LogP contribution is -2.53. The van der Waals surface area contributed by atoms with E-state index in [9.17, 15) is 14.7 Å². The van der Waals surface area contributed by atoms with Crippen LogP contribution in [0.4, 0.5) is 4.79 Å². The van der Waals surface area contributed by atoms with Crippen LogP contribution >= 0.6 is 0 Å². The van der Waals surface area contributed by atoms with Gasteiger partial charge in [0.25, 0.3) is 0 Å². The van der Waals surface area contributed by atoms with Crippen LogP contribution in [-0.2, 0) is 16.0 Å². The quantitative estimate of drug-likeness (QED) is 0.865. The van der Waals surface area contributed by atoms with Gasteiger partial charge in [-0.05, 0) is 45.6 Å². The Labute approximate surface area is 142 Å². The van der Waals surface area contributed by atoms with E-state index >= 15 is 0 Å². The third-order valence-corrected chi connectivity index (χ3v) is 3.93. The molecule has 1 aliphatic rings. The Balaban J connectivity index is 2.05. The molecule has 2 N–H and O–H groups in total. The molecule has 2 atom stereocenters. The van der Waals surface area contributed by atoms with Crippen LogP contribution in [0.5, 0.6) is 0 Å². The van der Waals surface area contributed by atoms with Crippen molar-refractivity contribution in [2.45, 2.75) is 57.8 Å². The second-order valence-corrected chi connectivity index (χ2v) is 7.09. The predicted molar refractivity (Wildman–Crippen MR) is 90.7 cm³/mol. The van der Waals surface area contributed by atoms with E-state index in [1.807, 2.05) is 35.2 Å². The molecular weight excluding hydrogens is 308 g/mol. The molecule has 1 heterocycles. The second kappa shape index (κ2) is 7.66. The molecule has 1 fully saturated rings. The highest BCUT2D eigenvalue weighted by molar-refractivity contribution is 5.74. The third-order valence-electron chi connectivity index (χ3n) is 3.93. The lowest BCUT2D eigenvalue weighted by atomic mass is 10.0. The zero-order valence-corrected chi connectivity index (χ0v) is 14.5. The molecule has 2 rings (SSSR count). The average Bonchev–Trinajstić information content (AvgIpc) is 2.91.